The molecule has 6 nitrogen and oxygen atoms in total. The van der Waals surface area contributed by atoms with Crippen LogP contribution in [-0.2, 0) is 9.53 Å². The molecule has 0 aromatic heterocycles. The van der Waals surface area contributed by atoms with Crippen molar-refractivity contribution in [3.05, 3.63) is 0 Å². The van der Waals surface area contributed by atoms with E-state index in [0.717, 1.165) is 32.1 Å². The van der Waals surface area contributed by atoms with E-state index >= 15 is 0 Å². The first-order valence-corrected chi connectivity index (χ1v) is 14.1. The quantitative estimate of drug-likeness (QED) is 0.0814. The maximum Gasteiger partial charge on any atom is 0.412 e. The van der Waals surface area contributed by atoms with Gasteiger partial charge >= 0.3 is 6.09 Å². The first kappa shape index (κ1) is 30.4. The summed E-state index contributed by atoms with van der Waals surface area (Å²) in [7, 11) is 0. The third kappa shape index (κ3) is 14.6. The molecule has 0 radical (unpaired) electrons. The van der Waals surface area contributed by atoms with Crippen LogP contribution in [0.25, 0.3) is 0 Å². The normalized spacial score (nSPS) is 16.4. The molecular weight excluding hydrogens is 426 g/mol. The molecule has 0 aromatic rings. The number of carbonyl (C=O) groups excluding carboxylic acids is 2. The Morgan fingerprint density at radius 2 is 1.41 bits per heavy atom. The van der Waals surface area contributed by atoms with E-state index in [1.807, 2.05) is 27.0 Å². The zero-order valence-electron chi connectivity index (χ0n) is 22.7. The second kappa shape index (κ2) is 18.7. The van der Waals surface area contributed by atoms with Gasteiger partial charge in [-0.1, -0.05) is 96.8 Å². The van der Waals surface area contributed by atoms with Crippen molar-refractivity contribution < 1.29 is 14.3 Å². The van der Waals surface area contributed by atoms with Gasteiger partial charge in [-0.25, -0.2) is 9.80 Å². The SMILES string of the molecule is CCCCCCCCCCCCCCCCC/C=N/N(C=O)C1CCCN1C(=O)OC(C)(C)C. The van der Waals surface area contributed by atoms with Crippen molar-refractivity contribution in [3.8, 4) is 0 Å². The zero-order valence-corrected chi connectivity index (χ0v) is 22.7. The van der Waals surface area contributed by atoms with Crippen molar-refractivity contribution in [3.63, 3.8) is 0 Å². The fraction of sp³-hybridized carbons (Fsp3) is 0.893. The molecule has 1 atom stereocenters. The summed E-state index contributed by atoms with van der Waals surface area (Å²) in [5, 5.41) is 5.72. The first-order chi connectivity index (χ1) is 16.4. The van der Waals surface area contributed by atoms with E-state index in [-0.39, 0.29) is 12.3 Å². The van der Waals surface area contributed by atoms with Crippen molar-refractivity contribution in [2.24, 2.45) is 5.10 Å². The predicted octanol–water partition coefficient (Wildman–Crippen LogP) is 8.05. The minimum Gasteiger partial charge on any atom is -0.444 e. The van der Waals surface area contributed by atoms with E-state index in [1.54, 1.807) is 4.90 Å². The Labute approximate surface area is 209 Å². The Bertz CT molecular complexity index is 560. The first-order valence-electron chi connectivity index (χ1n) is 14.1. The summed E-state index contributed by atoms with van der Waals surface area (Å²) in [4.78, 5) is 25.6. The molecule has 1 aliphatic rings. The number of likely N-dealkylation sites (tertiary alicyclic amines) is 1. The average Bonchev–Trinajstić information content (AvgIpc) is 3.27. The van der Waals surface area contributed by atoms with Crippen molar-refractivity contribution >= 4 is 18.7 Å². The molecule has 0 N–H and O–H groups in total. The van der Waals surface area contributed by atoms with Crippen LogP contribution in [0, 0.1) is 0 Å². The molecule has 1 fully saturated rings. The van der Waals surface area contributed by atoms with Crippen LogP contribution in [0.1, 0.15) is 143 Å². The van der Waals surface area contributed by atoms with Crippen molar-refractivity contribution in [1.29, 1.82) is 0 Å². The molecule has 1 heterocycles. The Kier molecular flexibility index (Phi) is 16.7. The van der Waals surface area contributed by atoms with Gasteiger partial charge in [0, 0.05) is 12.8 Å². The minimum absolute atomic E-state index is 0.343. The number of rotatable bonds is 19. The van der Waals surface area contributed by atoms with Crippen LogP contribution in [0.15, 0.2) is 5.10 Å². The highest BCUT2D eigenvalue weighted by molar-refractivity contribution is 5.69. The molecule has 0 saturated carbocycles. The van der Waals surface area contributed by atoms with Crippen LogP contribution in [0.3, 0.4) is 0 Å². The van der Waals surface area contributed by atoms with Gasteiger partial charge < -0.3 is 4.74 Å². The molecule has 2 amide bonds. The number of nitrogens with zero attached hydrogens (tertiary/aromatic N) is 3. The number of carbonyl (C=O) groups is 2. The standard InChI is InChI=1S/C28H53N3O3/c1-5-6-7-8-9-10-11-12-13-14-15-16-17-18-19-20-23-29-31(25-32)26-22-21-24-30(26)27(33)34-28(2,3)4/h23,25-26H,5-22,24H2,1-4H3/b29-23+. The summed E-state index contributed by atoms with van der Waals surface area (Å²) in [6, 6.07) is 0. The molecule has 1 aliphatic heterocycles. The summed E-state index contributed by atoms with van der Waals surface area (Å²) in [6.45, 7) is 8.42. The Morgan fingerprint density at radius 3 is 1.88 bits per heavy atom. The van der Waals surface area contributed by atoms with Gasteiger partial charge in [0.05, 0.1) is 0 Å². The maximum absolute atomic E-state index is 12.4. The molecule has 0 bridgehead atoms. The van der Waals surface area contributed by atoms with Crippen LogP contribution >= 0.6 is 0 Å². The number of amides is 2. The number of hydrazone groups is 1. The minimum atomic E-state index is -0.549. The van der Waals surface area contributed by atoms with Crippen LogP contribution in [0.5, 0.6) is 0 Å². The largest absolute Gasteiger partial charge is 0.444 e. The number of hydrogen-bond acceptors (Lipinski definition) is 4. The monoisotopic (exact) mass is 479 g/mol. The highest BCUT2D eigenvalue weighted by atomic mass is 16.6. The summed E-state index contributed by atoms with van der Waals surface area (Å²) in [5.41, 5.74) is -0.549. The molecule has 34 heavy (non-hydrogen) atoms. The van der Waals surface area contributed by atoms with E-state index < -0.39 is 5.60 Å². The average molecular weight is 480 g/mol. The van der Waals surface area contributed by atoms with Crippen LogP contribution in [-0.4, -0.2) is 46.9 Å². The second-order valence-corrected chi connectivity index (χ2v) is 10.8. The topological polar surface area (TPSA) is 62.2 Å². The Hall–Kier alpha value is -1.59. The maximum atomic E-state index is 12.4. The lowest BCUT2D eigenvalue weighted by Gasteiger charge is -2.31. The van der Waals surface area contributed by atoms with Crippen LogP contribution in [0.2, 0.25) is 0 Å². The van der Waals surface area contributed by atoms with Gasteiger partial charge in [-0.2, -0.15) is 5.10 Å². The Balaban J connectivity index is 2.06. The molecular formula is C28H53N3O3. The fourth-order valence-corrected chi connectivity index (χ4v) is 4.49. The third-order valence-electron chi connectivity index (χ3n) is 6.41. The van der Waals surface area contributed by atoms with Crippen LogP contribution in [0.4, 0.5) is 4.79 Å². The highest BCUT2D eigenvalue weighted by Gasteiger charge is 2.35. The molecule has 0 spiro atoms. The van der Waals surface area contributed by atoms with Gasteiger partial charge in [0.25, 0.3) is 0 Å². The smallest absolute Gasteiger partial charge is 0.412 e. The molecule has 1 unspecified atom stereocenters. The predicted molar refractivity (Wildman–Crippen MR) is 142 cm³/mol. The zero-order chi connectivity index (χ0) is 25.1. The second-order valence-electron chi connectivity index (χ2n) is 10.8. The van der Waals surface area contributed by atoms with E-state index in [0.29, 0.717) is 6.54 Å². The lowest BCUT2D eigenvalue weighted by Crippen LogP contribution is -2.46. The van der Waals surface area contributed by atoms with E-state index in [4.69, 9.17) is 4.74 Å². The Morgan fingerprint density at radius 1 is 0.912 bits per heavy atom. The van der Waals surface area contributed by atoms with Gasteiger partial charge in [-0.3, -0.25) is 9.69 Å². The van der Waals surface area contributed by atoms with Gasteiger partial charge in [0.1, 0.15) is 11.8 Å². The molecule has 198 valence electrons. The fourth-order valence-electron chi connectivity index (χ4n) is 4.49. The molecule has 6 heteroatoms. The van der Waals surface area contributed by atoms with Crippen molar-refractivity contribution in [2.75, 3.05) is 6.54 Å². The van der Waals surface area contributed by atoms with Crippen LogP contribution < -0.4 is 0 Å². The lowest BCUT2D eigenvalue weighted by atomic mass is 10.0. The van der Waals surface area contributed by atoms with Gasteiger partial charge in [-0.15, -0.1) is 0 Å². The summed E-state index contributed by atoms with van der Waals surface area (Å²) in [5.74, 6) is 0. The van der Waals surface area contributed by atoms with Gasteiger partial charge in [0.2, 0.25) is 6.41 Å². The molecule has 1 rings (SSSR count). The number of ether oxygens (including phenoxy) is 1. The van der Waals surface area contributed by atoms with Crippen molar-refractivity contribution in [1.82, 2.24) is 9.91 Å². The summed E-state index contributed by atoms with van der Waals surface area (Å²) >= 11 is 0. The van der Waals surface area contributed by atoms with E-state index in [1.165, 1.54) is 94.9 Å². The summed E-state index contributed by atoms with van der Waals surface area (Å²) < 4.78 is 5.48. The third-order valence-corrected chi connectivity index (χ3v) is 6.41. The van der Waals surface area contributed by atoms with E-state index in [9.17, 15) is 9.59 Å². The molecule has 0 aromatic carbocycles. The highest BCUT2D eigenvalue weighted by Crippen LogP contribution is 2.23. The van der Waals surface area contributed by atoms with Crippen molar-refractivity contribution in [2.45, 2.75) is 155 Å². The molecule has 0 aliphatic carbocycles. The van der Waals surface area contributed by atoms with Gasteiger partial charge in [0.15, 0.2) is 0 Å². The van der Waals surface area contributed by atoms with Gasteiger partial charge in [-0.05, 0) is 46.5 Å². The summed E-state index contributed by atoms with van der Waals surface area (Å²) in [6.07, 6.45) is 24.5. The van der Waals surface area contributed by atoms with E-state index in [2.05, 4.69) is 12.0 Å². The number of hydrogen-bond donors (Lipinski definition) is 0. The lowest BCUT2D eigenvalue weighted by molar-refractivity contribution is -0.122. The number of unbranched alkanes of at least 4 members (excludes halogenated alkanes) is 15. The molecule has 1 saturated heterocycles.